The minimum absolute atomic E-state index is 0.0145. The molecule has 0 radical (unpaired) electrons. The Hall–Kier alpha value is -2.71. The number of hydrogen-bond acceptors (Lipinski definition) is 5. The molecule has 3 heterocycles. The van der Waals surface area contributed by atoms with Crippen molar-refractivity contribution < 1.29 is 18.3 Å². The van der Waals surface area contributed by atoms with Crippen molar-refractivity contribution in [3.05, 3.63) is 57.5 Å². The van der Waals surface area contributed by atoms with E-state index in [9.17, 15) is 18.3 Å². The molecular weight excluding hydrogens is 510 g/mol. The molecule has 7 nitrogen and oxygen atoms in total. The third-order valence-corrected chi connectivity index (χ3v) is 10.5. The van der Waals surface area contributed by atoms with Gasteiger partial charge in [0.05, 0.1) is 40.0 Å². The summed E-state index contributed by atoms with van der Waals surface area (Å²) in [6, 6.07) is 7.10. The molecule has 2 atom stereocenters. The van der Waals surface area contributed by atoms with E-state index in [0.717, 1.165) is 29.5 Å². The Kier molecular flexibility index (Phi) is 6.47. The van der Waals surface area contributed by atoms with Crippen molar-refractivity contribution in [3.63, 3.8) is 0 Å². The topological polar surface area (TPSA) is 102 Å². The monoisotopic (exact) mass is 541 g/mol. The van der Waals surface area contributed by atoms with Crippen LogP contribution in [0, 0.1) is 18.3 Å². The number of para-hydroxylation sites is 1. The van der Waals surface area contributed by atoms with E-state index < -0.39 is 15.8 Å². The molecule has 2 unspecified atom stereocenters. The number of halogens is 1. The molecule has 0 saturated carbocycles. The van der Waals surface area contributed by atoms with E-state index in [4.69, 9.17) is 16.6 Å². The normalized spacial score (nSPS) is 22.5. The standard InChI is InChI=1S/C28H32ClN3O4S/c1-5-28(3,4)18-12-17(13-21-16(2)31-32(26(21)29)19-10-11-37(35,36)15-19)25-22(14-18)24(27(33)34)20-8-6-7-9-23(20)30-25/h6-9,13,18-19H,5,10-12,14-15H2,1-4H3,(H,33,34)/b17-13-. The Balaban J connectivity index is 1.71. The summed E-state index contributed by atoms with van der Waals surface area (Å²) in [5, 5.41) is 16.0. The number of carboxylic acids is 1. The van der Waals surface area contributed by atoms with Gasteiger partial charge >= 0.3 is 5.97 Å². The first-order chi connectivity index (χ1) is 17.4. The molecule has 1 saturated heterocycles. The van der Waals surface area contributed by atoms with Gasteiger partial charge in [-0.3, -0.25) is 0 Å². The highest BCUT2D eigenvalue weighted by molar-refractivity contribution is 7.91. The number of pyridine rings is 1. The predicted octanol–water partition coefficient (Wildman–Crippen LogP) is 5.99. The lowest BCUT2D eigenvalue weighted by atomic mass is 9.67. The van der Waals surface area contributed by atoms with Gasteiger partial charge in [0, 0.05) is 10.9 Å². The fourth-order valence-corrected chi connectivity index (χ4v) is 7.75. The molecule has 3 aromatic rings. The summed E-state index contributed by atoms with van der Waals surface area (Å²) in [5.74, 6) is -0.561. The Morgan fingerprint density at radius 3 is 2.65 bits per heavy atom. The summed E-state index contributed by atoms with van der Waals surface area (Å²) in [7, 11) is -3.09. The Labute approximate surface area is 222 Å². The number of aryl methyl sites for hydroxylation is 1. The van der Waals surface area contributed by atoms with Gasteiger partial charge < -0.3 is 5.11 Å². The molecule has 9 heteroatoms. The van der Waals surface area contributed by atoms with Gasteiger partial charge in [0.1, 0.15) is 5.15 Å². The number of carbonyl (C=O) groups is 1. The molecule has 2 aromatic heterocycles. The highest BCUT2D eigenvalue weighted by atomic mass is 35.5. The van der Waals surface area contributed by atoms with Crippen molar-refractivity contribution in [2.75, 3.05) is 11.5 Å². The van der Waals surface area contributed by atoms with Gasteiger partial charge in [-0.2, -0.15) is 5.10 Å². The molecule has 0 spiro atoms. The van der Waals surface area contributed by atoms with Crippen LogP contribution in [0.2, 0.25) is 5.15 Å². The van der Waals surface area contributed by atoms with Crippen molar-refractivity contribution in [2.24, 2.45) is 11.3 Å². The summed E-state index contributed by atoms with van der Waals surface area (Å²) in [6.07, 6.45) is 4.81. The average Bonchev–Trinajstić information content (AvgIpc) is 3.35. The molecule has 37 heavy (non-hydrogen) atoms. The second-order valence-corrected chi connectivity index (χ2v) is 13.6. The van der Waals surface area contributed by atoms with Crippen molar-refractivity contribution >= 4 is 50.0 Å². The van der Waals surface area contributed by atoms with Gasteiger partial charge in [-0.1, -0.05) is 57.0 Å². The largest absolute Gasteiger partial charge is 0.478 e. The van der Waals surface area contributed by atoms with Crippen LogP contribution in [0.4, 0.5) is 0 Å². The molecule has 1 aliphatic carbocycles. The third-order valence-electron chi connectivity index (χ3n) is 8.39. The van der Waals surface area contributed by atoms with Crippen molar-refractivity contribution in [2.45, 2.75) is 59.4 Å². The molecule has 1 N–H and O–H groups in total. The highest BCUT2D eigenvalue weighted by Crippen LogP contribution is 2.46. The number of hydrogen-bond donors (Lipinski definition) is 1. The van der Waals surface area contributed by atoms with Crippen LogP contribution in [0.15, 0.2) is 24.3 Å². The van der Waals surface area contributed by atoms with Crippen LogP contribution in [0.5, 0.6) is 0 Å². The molecule has 0 amide bonds. The molecule has 196 valence electrons. The van der Waals surface area contributed by atoms with E-state index in [-0.39, 0.29) is 28.9 Å². The number of sulfone groups is 1. The fourth-order valence-electron chi connectivity index (χ4n) is 5.69. The maximum atomic E-state index is 12.6. The van der Waals surface area contributed by atoms with Gasteiger partial charge in [0.25, 0.3) is 0 Å². The zero-order valence-corrected chi connectivity index (χ0v) is 23.2. The maximum absolute atomic E-state index is 12.6. The summed E-state index contributed by atoms with van der Waals surface area (Å²) < 4.78 is 25.8. The SMILES string of the molecule is CCC(C)(C)C1C/C(=C/c2c(C)nn(C3CCS(=O)(=O)C3)c2Cl)c2nc3ccccc3c(C(=O)O)c2C1. The minimum Gasteiger partial charge on any atom is -0.478 e. The van der Waals surface area contributed by atoms with Crippen molar-refractivity contribution in [1.82, 2.24) is 14.8 Å². The van der Waals surface area contributed by atoms with Crippen LogP contribution in [0.25, 0.3) is 22.6 Å². The summed E-state index contributed by atoms with van der Waals surface area (Å²) in [5.41, 5.74) is 4.78. The van der Waals surface area contributed by atoms with Crippen LogP contribution in [0.3, 0.4) is 0 Å². The van der Waals surface area contributed by atoms with Crippen LogP contribution >= 0.6 is 11.6 Å². The Morgan fingerprint density at radius 2 is 2.00 bits per heavy atom. The van der Waals surface area contributed by atoms with E-state index in [1.54, 1.807) is 4.68 Å². The number of nitrogens with zero attached hydrogens (tertiary/aromatic N) is 3. The number of rotatable bonds is 5. The number of allylic oxidation sites excluding steroid dienone is 1. The van der Waals surface area contributed by atoms with Gasteiger partial charge in [-0.25, -0.2) is 22.9 Å². The summed E-state index contributed by atoms with van der Waals surface area (Å²) in [4.78, 5) is 17.5. The Morgan fingerprint density at radius 1 is 1.27 bits per heavy atom. The van der Waals surface area contributed by atoms with E-state index in [0.29, 0.717) is 45.8 Å². The number of aromatic carboxylic acids is 1. The number of fused-ring (bicyclic) bond motifs is 2. The number of benzene rings is 1. The fraction of sp³-hybridized carbons (Fsp3) is 0.464. The first-order valence-corrected chi connectivity index (χ1v) is 14.9. The second-order valence-electron chi connectivity index (χ2n) is 11.0. The predicted molar refractivity (Wildman–Crippen MR) is 147 cm³/mol. The lowest BCUT2D eigenvalue weighted by molar-refractivity contribution is 0.0696. The molecule has 5 rings (SSSR count). The quantitative estimate of drug-likeness (QED) is 0.425. The van der Waals surface area contributed by atoms with Crippen LogP contribution in [0.1, 0.15) is 78.9 Å². The van der Waals surface area contributed by atoms with E-state index >= 15 is 0 Å². The van der Waals surface area contributed by atoms with E-state index in [1.165, 1.54) is 0 Å². The van der Waals surface area contributed by atoms with Crippen LogP contribution in [-0.4, -0.2) is 45.8 Å². The lowest BCUT2D eigenvalue weighted by Crippen LogP contribution is -2.30. The van der Waals surface area contributed by atoms with Crippen molar-refractivity contribution in [3.8, 4) is 0 Å². The van der Waals surface area contributed by atoms with Crippen LogP contribution in [-0.2, 0) is 16.3 Å². The number of aromatic nitrogens is 3. The van der Waals surface area contributed by atoms with Gasteiger partial charge in [0.2, 0.25) is 0 Å². The minimum atomic E-state index is -3.09. The lowest BCUT2D eigenvalue weighted by Gasteiger charge is -2.38. The molecule has 0 bridgehead atoms. The molecular formula is C28H32ClN3O4S. The molecule has 1 aliphatic heterocycles. The van der Waals surface area contributed by atoms with E-state index in [2.05, 4.69) is 25.9 Å². The van der Waals surface area contributed by atoms with Crippen molar-refractivity contribution in [1.29, 1.82) is 0 Å². The van der Waals surface area contributed by atoms with Crippen LogP contribution < -0.4 is 0 Å². The highest BCUT2D eigenvalue weighted by Gasteiger charge is 2.37. The van der Waals surface area contributed by atoms with E-state index in [1.807, 2.05) is 37.3 Å². The first-order valence-electron chi connectivity index (χ1n) is 12.7. The summed E-state index contributed by atoms with van der Waals surface area (Å²) >= 11 is 6.83. The second kappa shape index (κ2) is 9.24. The average molecular weight is 542 g/mol. The third kappa shape index (κ3) is 4.59. The number of carboxylic acid groups (broad SMARTS) is 1. The zero-order chi connectivity index (χ0) is 26.7. The summed E-state index contributed by atoms with van der Waals surface area (Å²) in [6.45, 7) is 8.49. The molecule has 2 aliphatic rings. The zero-order valence-electron chi connectivity index (χ0n) is 21.6. The Bertz CT molecular complexity index is 1560. The van der Waals surface area contributed by atoms with Gasteiger partial charge in [-0.05, 0) is 60.8 Å². The maximum Gasteiger partial charge on any atom is 0.336 e. The van der Waals surface area contributed by atoms with Gasteiger partial charge in [0.15, 0.2) is 9.84 Å². The van der Waals surface area contributed by atoms with Gasteiger partial charge in [-0.15, -0.1) is 0 Å². The molecule has 1 aromatic carbocycles. The first kappa shape index (κ1) is 25.9. The molecule has 1 fully saturated rings. The smallest absolute Gasteiger partial charge is 0.336 e.